The molecule has 0 aliphatic carbocycles. The van der Waals surface area contributed by atoms with E-state index in [9.17, 15) is 4.79 Å². The molecule has 6 nitrogen and oxygen atoms in total. The van der Waals surface area contributed by atoms with Gasteiger partial charge in [0.2, 0.25) is 11.8 Å². The van der Waals surface area contributed by atoms with Crippen molar-refractivity contribution in [3.8, 4) is 0 Å². The summed E-state index contributed by atoms with van der Waals surface area (Å²) in [5.74, 6) is 0.488. The molecule has 0 spiro atoms. The molecule has 2 aromatic rings. The Labute approximate surface area is 117 Å². The average Bonchev–Trinajstić information content (AvgIpc) is 2.80. The molecule has 1 aliphatic heterocycles. The van der Waals surface area contributed by atoms with Gasteiger partial charge in [0, 0.05) is 13.0 Å². The molecule has 96 valence electrons. The topological polar surface area (TPSA) is 71.3 Å². The van der Waals surface area contributed by atoms with Crippen LogP contribution in [0.4, 0.5) is 11.4 Å². The molecule has 0 saturated heterocycles. The van der Waals surface area contributed by atoms with Gasteiger partial charge in [-0.3, -0.25) is 8.72 Å². The minimum absolute atomic E-state index is 0.244. The van der Waals surface area contributed by atoms with E-state index in [-0.39, 0.29) is 11.8 Å². The Morgan fingerprint density at radius 1 is 1.37 bits per heavy atom. The van der Waals surface area contributed by atoms with Crippen LogP contribution in [0, 0.1) is 6.92 Å². The van der Waals surface area contributed by atoms with Gasteiger partial charge in [-0.15, -0.1) is 10.2 Å². The summed E-state index contributed by atoms with van der Waals surface area (Å²) in [4.78, 5) is 12.0. The van der Waals surface area contributed by atoms with E-state index >= 15 is 0 Å². The third kappa shape index (κ3) is 2.12. The quantitative estimate of drug-likeness (QED) is 0.645. The molecule has 3 rings (SSSR count). The zero-order valence-electron chi connectivity index (χ0n) is 9.92. The van der Waals surface area contributed by atoms with Gasteiger partial charge in [-0.05, 0) is 12.1 Å². The fourth-order valence-electron chi connectivity index (χ4n) is 1.77. The van der Waals surface area contributed by atoms with Crippen LogP contribution >= 0.6 is 16.1 Å². The van der Waals surface area contributed by atoms with Crippen LogP contribution in [0.3, 0.4) is 0 Å². The number of aromatic nitrogens is 2. The maximum atomic E-state index is 12.0. The van der Waals surface area contributed by atoms with E-state index < -0.39 is 0 Å². The van der Waals surface area contributed by atoms with Crippen molar-refractivity contribution in [2.24, 2.45) is 0 Å². The van der Waals surface area contributed by atoms with Gasteiger partial charge in [-0.1, -0.05) is 12.1 Å². The van der Waals surface area contributed by atoms with E-state index in [1.807, 2.05) is 24.3 Å². The second kappa shape index (κ2) is 4.51. The number of carbonyl (C=O) groups excluding carboxylic acids is 1. The SMILES string of the molecule is Cc1nnc(/C=C2/C(=O)Nc3ccccc3N2Br)o1. The standard InChI is InChI=1S/C12H9BrN4O2/c1-7-15-16-11(19-7)6-10-12(18)14-8-4-2-3-5-9(8)17(10)13/h2-6H,1H3,(H,14,18)/b10-6-. The summed E-state index contributed by atoms with van der Waals surface area (Å²) in [6.45, 7) is 1.69. The van der Waals surface area contributed by atoms with Gasteiger partial charge >= 0.3 is 0 Å². The summed E-state index contributed by atoms with van der Waals surface area (Å²) in [5, 5.41) is 10.4. The molecule has 0 fully saturated rings. The van der Waals surface area contributed by atoms with Crippen molar-refractivity contribution in [2.75, 3.05) is 9.24 Å². The Kier molecular flexibility index (Phi) is 2.83. The van der Waals surface area contributed by atoms with Crippen LogP contribution in [0.1, 0.15) is 11.8 Å². The number of nitrogens with one attached hydrogen (secondary N) is 1. The molecule has 0 radical (unpaired) electrons. The molecular weight excluding hydrogens is 312 g/mol. The lowest BCUT2D eigenvalue weighted by molar-refractivity contribution is -0.112. The van der Waals surface area contributed by atoms with Crippen LogP contribution in [-0.2, 0) is 4.79 Å². The van der Waals surface area contributed by atoms with Crippen molar-refractivity contribution in [1.29, 1.82) is 0 Å². The zero-order valence-corrected chi connectivity index (χ0v) is 11.5. The van der Waals surface area contributed by atoms with Crippen LogP contribution in [0.5, 0.6) is 0 Å². The highest BCUT2D eigenvalue weighted by molar-refractivity contribution is 9.10. The highest BCUT2D eigenvalue weighted by atomic mass is 79.9. The summed E-state index contributed by atoms with van der Waals surface area (Å²) < 4.78 is 6.86. The summed E-state index contributed by atoms with van der Waals surface area (Å²) in [7, 11) is 0. The summed E-state index contributed by atoms with van der Waals surface area (Å²) in [6.07, 6.45) is 1.53. The first kappa shape index (κ1) is 11.9. The van der Waals surface area contributed by atoms with Gasteiger partial charge in [0.1, 0.15) is 5.70 Å². The Balaban J connectivity index is 2.04. The average molecular weight is 321 g/mol. The number of amides is 1. The lowest BCUT2D eigenvalue weighted by Gasteiger charge is -2.27. The van der Waals surface area contributed by atoms with Gasteiger partial charge in [0.15, 0.2) is 0 Å². The summed E-state index contributed by atoms with van der Waals surface area (Å²) in [6, 6.07) is 7.46. The third-order valence-corrected chi connectivity index (χ3v) is 3.37. The minimum Gasteiger partial charge on any atom is -0.422 e. The largest absolute Gasteiger partial charge is 0.422 e. The van der Waals surface area contributed by atoms with Crippen LogP contribution in [0.15, 0.2) is 34.4 Å². The monoisotopic (exact) mass is 320 g/mol. The molecule has 0 atom stereocenters. The first-order valence-corrected chi connectivity index (χ1v) is 6.24. The van der Waals surface area contributed by atoms with E-state index in [0.29, 0.717) is 11.6 Å². The molecule has 7 heteroatoms. The molecule has 0 unspecified atom stereocenters. The molecule has 1 aliphatic rings. The number of hydrogen-bond acceptors (Lipinski definition) is 5. The Morgan fingerprint density at radius 3 is 2.89 bits per heavy atom. The number of rotatable bonds is 1. The molecule has 1 aromatic carbocycles. The van der Waals surface area contributed by atoms with Gasteiger partial charge in [0.05, 0.1) is 27.5 Å². The molecule has 1 amide bonds. The van der Waals surface area contributed by atoms with Gasteiger partial charge < -0.3 is 9.73 Å². The number of fused-ring (bicyclic) bond motifs is 1. The molecule has 19 heavy (non-hydrogen) atoms. The lowest BCUT2D eigenvalue weighted by atomic mass is 10.2. The first-order chi connectivity index (χ1) is 9.15. The minimum atomic E-state index is -0.244. The van der Waals surface area contributed by atoms with Crippen molar-refractivity contribution >= 4 is 39.5 Å². The van der Waals surface area contributed by atoms with E-state index in [1.165, 1.54) is 6.08 Å². The normalized spacial score (nSPS) is 16.4. The van der Waals surface area contributed by atoms with Crippen molar-refractivity contribution in [3.63, 3.8) is 0 Å². The van der Waals surface area contributed by atoms with E-state index in [1.54, 1.807) is 10.8 Å². The van der Waals surface area contributed by atoms with Crippen molar-refractivity contribution < 1.29 is 9.21 Å². The van der Waals surface area contributed by atoms with E-state index in [0.717, 1.165) is 11.4 Å². The fourth-order valence-corrected chi connectivity index (χ4v) is 2.34. The number of para-hydroxylation sites is 2. The smallest absolute Gasteiger partial charge is 0.273 e. The third-order valence-electron chi connectivity index (χ3n) is 2.61. The van der Waals surface area contributed by atoms with Crippen LogP contribution in [0.25, 0.3) is 6.08 Å². The van der Waals surface area contributed by atoms with Crippen LogP contribution in [0.2, 0.25) is 0 Å². The lowest BCUT2D eigenvalue weighted by Crippen LogP contribution is -2.29. The predicted molar refractivity (Wildman–Crippen MR) is 73.5 cm³/mol. The summed E-state index contributed by atoms with van der Waals surface area (Å²) >= 11 is 3.37. The second-order valence-corrected chi connectivity index (χ2v) is 4.65. The molecular formula is C12H9BrN4O2. The van der Waals surface area contributed by atoms with Gasteiger partial charge in [-0.2, -0.15) is 0 Å². The van der Waals surface area contributed by atoms with Crippen molar-refractivity contribution in [3.05, 3.63) is 41.7 Å². The highest BCUT2D eigenvalue weighted by Crippen LogP contribution is 2.36. The zero-order chi connectivity index (χ0) is 13.4. The first-order valence-electron chi connectivity index (χ1n) is 5.53. The number of aryl methyl sites for hydroxylation is 1. The van der Waals surface area contributed by atoms with Gasteiger partial charge in [0.25, 0.3) is 5.91 Å². The number of benzene rings is 1. The maximum Gasteiger partial charge on any atom is 0.273 e. The number of hydrogen-bond donors (Lipinski definition) is 1. The van der Waals surface area contributed by atoms with E-state index in [2.05, 4.69) is 31.7 Å². The second-order valence-electron chi connectivity index (χ2n) is 3.94. The number of carbonyl (C=O) groups is 1. The molecule has 2 heterocycles. The van der Waals surface area contributed by atoms with Crippen molar-refractivity contribution in [2.45, 2.75) is 6.92 Å². The molecule has 0 saturated carbocycles. The Bertz CT molecular complexity index is 680. The number of halogens is 1. The molecule has 1 N–H and O–H groups in total. The van der Waals surface area contributed by atoms with Crippen molar-refractivity contribution in [1.82, 2.24) is 10.2 Å². The number of anilines is 2. The van der Waals surface area contributed by atoms with Crippen LogP contribution < -0.4 is 9.24 Å². The Morgan fingerprint density at radius 2 is 2.16 bits per heavy atom. The van der Waals surface area contributed by atoms with Gasteiger partial charge in [-0.25, -0.2) is 0 Å². The number of nitrogens with zero attached hydrogens (tertiary/aromatic N) is 3. The maximum absolute atomic E-state index is 12.0. The highest BCUT2D eigenvalue weighted by Gasteiger charge is 2.26. The molecule has 1 aromatic heterocycles. The predicted octanol–water partition coefficient (Wildman–Crippen LogP) is 2.49. The summed E-state index contributed by atoms with van der Waals surface area (Å²) in [5.41, 5.74) is 1.95. The molecule has 0 bridgehead atoms. The van der Waals surface area contributed by atoms with Crippen LogP contribution in [-0.4, -0.2) is 16.1 Å². The van der Waals surface area contributed by atoms with E-state index in [4.69, 9.17) is 4.42 Å². The fraction of sp³-hybridized carbons (Fsp3) is 0.0833. The Hall–Kier alpha value is -2.15.